The summed E-state index contributed by atoms with van der Waals surface area (Å²) in [7, 11) is 0. The fraction of sp³-hybridized carbons (Fsp3) is 0.111. The van der Waals surface area contributed by atoms with Crippen molar-refractivity contribution in [1.29, 1.82) is 0 Å². The molecular weight excluding hydrogens is 271 g/mol. The number of hydrogen-bond acceptors (Lipinski definition) is 4. The predicted octanol–water partition coefficient (Wildman–Crippen LogP) is 2.10. The van der Waals surface area contributed by atoms with Crippen molar-refractivity contribution in [3.05, 3.63) is 28.8 Å². The first-order chi connectivity index (χ1) is 8.27. The lowest BCUT2D eigenvalue weighted by atomic mass is 10.2. The minimum absolute atomic E-state index is 0.0384. The fourth-order valence-electron chi connectivity index (χ4n) is 1.39. The van der Waals surface area contributed by atoms with Crippen molar-refractivity contribution in [3.63, 3.8) is 0 Å². The van der Waals surface area contributed by atoms with Crippen LogP contribution in [-0.2, 0) is 6.18 Å². The largest absolute Gasteiger partial charge is 0.416 e. The van der Waals surface area contributed by atoms with Crippen molar-refractivity contribution >= 4 is 23.5 Å². The molecule has 9 heteroatoms. The molecular formula is C9H7ClF3N5. The van der Waals surface area contributed by atoms with Gasteiger partial charge < -0.3 is 11.5 Å². The van der Waals surface area contributed by atoms with Gasteiger partial charge in [-0.15, -0.1) is 5.10 Å². The molecule has 0 aliphatic heterocycles. The Balaban J connectivity index is 2.59. The Labute approximate surface area is 104 Å². The molecule has 2 aromatic rings. The summed E-state index contributed by atoms with van der Waals surface area (Å²) in [5.74, 6) is -0.260. The summed E-state index contributed by atoms with van der Waals surface area (Å²) in [6, 6.07) is 2.94. The summed E-state index contributed by atoms with van der Waals surface area (Å²) in [5.41, 5.74) is 9.90. The summed E-state index contributed by atoms with van der Waals surface area (Å²) in [5, 5.41) is 3.59. The first-order valence-corrected chi connectivity index (χ1v) is 5.01. The SMILES string of the molecule is Nc1nc(N)n(-c2cc(Cl)cc(C(F)(F)F)c2)n1. The number of anilines is 2. The number of nitrogen functional groups attached to an aromatic ring is 2. The lowest BCUT2D eigenvalue weighted by molar-refractivity contribution is -0.137. The van der Waals surface area contributed by atoms with Gasteiger partial charge in [-0.05, 0) is 18.2 Å². The third kappa shape index (κ3) is 2.33. The topological polar surface area (TPSA) is 82.7 Å². The molecule has 1 aromatic heterocycles. The van der Waals surface area contributed by atoms with Gasteiger partial charge in [0.2, 0.25) is 11.9 Å². The van der Waals surface area contributed by atoms with E-state index in [4.69, 9.17) is 23.1 Å². The molecule has 1 heterocycles. The molecule has 0 atom stereocenters. The Morgan fingerprint density at radius 3 is 2.33 bits per heavy atom. The van der Waals surface area contributed by atoms with Crippen molar-refractivity contribution in [2.45, 2.75) is 6.18 Å². The van der Waals surface area contributed by atoms with E-state index in [-0.39, 0.29) is 22.6 Å². The zero-order chi connectivity index (χ0) is 13.5. The van der Waals surface area contributed by atoms with Gasteiger partial charge in [0.15, 0.2) is 0 Å². The number of halogens is 4. The van der Waals surface area contributed by atoms with E-state index in [0.29, 0.717) is 0 Å². The number of alkyl halides is 3. The van der Waals surface area contributed by atoms with Gasteiger partial charge in [-0.25, -0.2) is 0 Å². The summed E-state index contributed by atoms with van der Waals surface area (Å²) < 4.78 is 38.8. The van der Waals surface area contributed by atoms with Crippen LogP contribution in [0, 0.1) is 0 Å². The van der Waals surface area contributed by atoms with Crippen LogP contribution in [0.5, 0.6) is 0 Å². The second-order valence-electron chi connectivity index (χ2n) is 3.44. The number of nitrogens with zero attached hydrogens (tertiary/aromatic N) is 3. The number of benzene rings is 1. The molecule has 0 fully saturated rings. The Kier molecular flexibility index (Phi) is 2.81. The first-order valence-electron chi connectivity index (χ1n) is 4.63. The molecule has 96 valence electrons. The zero-order valence-corrected chi connectivity index (χ0v) is 9.50. The maximum Gasteiger partial charge on any atom is 0.416 e. The molecule has 0 aliphatic rings. The summed E-state index contributed by atoms with van der Waals surface area (Å²) >= 11 is 5.63. The van der Waals surface area contributed by atoms with Gasteiger partial charge in [-0.2, -0.15) is 22.8 Å². The molecule has 0 bridgehead atoms. The van der Waals surface area contributed by atoms with Crippen LogP contribution in [-0.4, -0.2) is 14.8 Å². The van der Waals surface area contributed by atoms with Crippen LogP contribution in [0.25, 0.3) is 5.69 Å². The Bertz CT molecular complexity index is 592. The van der Waals surface area contributed by atoms with E-state index in [2.05, 4.69) is 10.1 Å². The minimum Gasteiger partial charge on any atom is -0.368 e. The van der Waals surface area contributed by atoms with Crippen LogP contribution in [0.1, 0.15) is 5.56 Å². The molecule has 0 saturated carbocycles. The van der Waals surface area contributed by atoms with Gasteiger partial charge in [0.1, 0.15) is 0 Å². The fourth-order valence-corrected chi connectivity index (χ4v) is 1.62. The second-order valence-corrected chi connectivity index (χ2v) is 3.87. The van der Waals surface area contributed by atoms with Crippen LogP contribution in [0.2, 0.25) is 5.02 Å². The highest BCUT2D eigenvalue weighted by molar-refractivity contribution is 6.30. The van der Waals surface area contributed by atoms with Gasteiger partial charge in [0, 0.05) is 5.02 Å². The van der Waals surface area contributed by atoms with Gasteiger partial charge >= 0.3 is 6.18 Å². The predicted molar refractivity (Wildman–Crippen MR) is 60.2 cm³/mol. The van der Waals surface area contributed by atoms with Crippen molar-refractivity contribution in [1.82, 2.24) is 14.8 Å². The lowest BCUT2D eigenvalue weighted by Gasteiger charge is -2.10. The quantitative estimate of drug-likeness (QED) is 0.836. The summed E-state index contributed by atoms with van der Waals surface area (Å²) in [6.07, 6.45) is -4.51. The number of hydrogen-bond donors (Lipinski definition) is 2. The van der Waals surface area contributed by atoms with Gasteiger partial charge in [0.25, 0.3) is 0 Å². The van der Waals surface area contributed by atoms with Crippen molar-refractivity contribution in [2.75, 3.05) is 11.5 Å². The van der Waals surface area contributed by atoms with E-state index in [9.17, 15) is 13.2 Å². The van der Waals surface area contributed by atoms with Crippen LogP contribution in [0.3, 0.4) is 0 Å². The Hall–Kier alpha value is -1.96. The van der Waals surface area contributed by atoms with Crippen LogP contribution in [0.4, 0.5) is 25.1 Å². The maximum absolute atomic E-state index is 12.6. The van der Waals surface area contributed by atoms with E-state index in [0.717, 1.165) is 16.8 Å². The standard InChI is InChI=1S/C9H7ClF3N5/c10-5-1-4(9(11,12)13)2-6(3-5)18-8(15)16-7(14)17-18/h1-3H,(H4,14,15,16,17). The third-order valence-electron chi connectivity index (χ3n) is 2.10. The average Bonchev–Trinajstić information content (AvgIpc) is 2.55. The second kappa shape index (κ2) is 4.05. The molecule has 5 nitrogen and oxygen atoms in total. The molecule has 0 spiro atoms. The number of aromatic nitrogens is 3. The zero-order valence-electron chi connectivity index (χ0n) is 8.74. The average molecular weight is 278 g/mol. The highest BCUT2D eigenvalue weighted by atomic mass is 35.5. The molecule has 0 radical (unpaired) electrons. The van der Waals surface area contributed by atoms with Crippen LogP contribution in [0.15, 0.2) is 18.2 Å². The molecule has 4 N–H and O–H groups in total. The lowest BCUT2D eigenvalue weighted by Crippen LogP contribution is -2.08. The van der Waals surface area contributed by atoms with E-state index < -0.39 is 11.7 Å². The summed E-state index contributed by atoms with van der Waals surface area (Å²) in [6.45, 7) is 0. The van der Waals surface area contributed by atoms with Gasteiger partial charge in [0.05, 0.1) is 11.3 Å². The van der Waals surface area contributed by atoms with Crippen LogP contribution < -0.4 is 11.5 Å². The van der Waals surface area contributed by atoms with E-state index in [1.54, 1.807) is 0 Å². The van der Waals surface area contributed by atoms with Crippen molar-refractivity contribution < 1.29 is 13.2 Å². The first kappa shape index (κ1) is 12.5. The molecule has 0 amide bonds. The highest BCUT2D eigenvalue weighted by Crippen LogP contribution is 2.33. The Morgan fingerprint density at radius 2 is 1.83 bits per heavy atom. The monoisotopic (exact) mass is 277 g/mol. The van der Waals surface area contributed by atoms with E-state index in [1.165, 1.54) is 6.07 Å². The molecule has 0 aliphatic carbocycles. The number of nitrogens with two attached hydrogens (primary N) is 2. The molecule has 0 saturated heterocycles. The molecule has 1 aromatic carbocycles. The van der Waals surface area contributed by atoms with Gasteiger partial charge in [-0.3, -0.25) is 0 Å². The van der Waals surface area contributed by atoms with Crippen molar-refractivity contribution in [2.24, 2.45) is 0 Å². The van der Waals surface area contributed by atoms with E-state index >= 15 is 0 Å². The van der Waals surface area contributed by atoms with E-state index in [1.807, 2.05) is 0 Å². The summed E-state index contributed by atoms with van der Waals surface area (Å²) in [4.78, 5) is 3.59. The third-order valence-corrected chi connectivity index (χ3v) is 2.32. The molecule has 0 unspecified atom stereocenters. The smallest absolute Gasteiger partial charge is 0.368 e. The number of rotatable bonds is 1. The van der Waals surface area contributed by atoms with Crippen LogP contribution >= 0.6 is 11.6 Å². The minimum atomic E-state index is -4.51. The van der Waals surface area contributed by atoms with Gasteiger partial charge in [-0.1, -0.05) is 11.6 Å². The maximum atomic E-state index is 12.6. The molecule has 18 heavy (non-hydrogen) atoms. The highest BCUT2D eigenvalue weighted by Gasteiger charge is 2.31. The molecule has 2 rings (SSSR count). The van der Waals surface area contributed by atoms with Crippen molar-refractivity contribution in [3.8, 4) is 5.69 Å². The normalized spacial score (nSPS) is 11.8. The Morgan fingerprint density at radius 1 is 1.17 bits per heavy atom.